The van der Waals surface area contributed by atoms with E-state index in [9.17, 15) is 4.79 Å². The van der Waals surface area contributed by atoms with Crippen LogP contribution in [0, 0.1) is 0 Å². The molecule has 76 valence electrons. The number of aromatic nitrogens is 2. The summed E-state index contributed by atoms with van der Waals surface area (Å²) in [7, 11) is 0. The normalized spacial score (nSPS) is 9.87. The second-order valence-electron chi connectivity index (χ2n) is 3.20. The van der Waals surface area contributed by atoms with Gasteiger partial charge in [-0.2, -0.15) is 5.10 Å². The fourth-order valence-electron chi connectivity index (χ4n) is 1.31. The highest BCUT2D eigenvalue weighted by Gasteiger charge is 2.03. The van der Waals surface area contributed by atoms with Gasteiger partial charge in [-0.05, 0) is 5.56 Å². The van der Waals surface area contributed by atoms with E-state index in [-0.39, 0.29) is 5.91 Å². The molecule has 0 saturated carbocycles. The number of benzene rings is 1. The third-order valence-electron chi connectivity index (χ3n) is 1.99. The van der Waals surface area contributed by atoms with Gasteiger partial charge in [-0.3, -0.25) is 9.89 Å². The number of carbonyl (C=O) groups is 1. The summed E-state index contributed by atoms with van der Waals surface area (Å²) in [5, 5.41) is 9.11. The minimum absolute atomic E-state index is 0.0393. The Morgan fingerprint density at radius 2 is 2.13 bits per heavy atom. The van der Waals surface area contributed by atoms with Crippen LogP contribution in [-0.2, 0) is 11.2 Å². The van der Waals surface area contributed by atoms with Gasteiger partial charge in [0.1, 0.15) is 0 Å². The molecule has 2 rings (SSSR count). The number of hydrogen-bond donors (Lipinski definition) is 2. The maximum atomic E-state index is 11.5. The molecule has 0 radical (unpaired) electrons. The average Bonchev–Trinajstić information content (AvgIpc) is 2.71. The van der Waals surface area contributed by atoms with Crippen molar-refractivity contribution in [1.29, 1.82) is 0 Å². The predicted octanol–water partition coefficient (Wildman–Crippen LogP) is 1.59. The number of hydrogen-bond acceptors (Lipinski definition) is 2. The van der Waals surface area contributed by atoms with Crippen molar-refractivity contribution in [1.82, 2.24) is 10.2 Å². The molecule has 0 unspecified atom stereocenters. The molecule has 0 saturated heterocycles. The van der Waals surface area contributed by atoms with Gasteiger partial charge in [-0.25, -0.2) is 0 Å². The highest BCUT2D eigenvalue weighted by Crippen LogP contribution is 2.04. The van der Waals surface area contributed by atoms with Crippen LogP contribution >= 0.6 is 0 Å². The Kier molecular flexibility index (Phi) is 2.78. The minimum Gasteiger partial charge on any atom is -0.323 e. The number of aromatic amines is 1. The van der Waals surface area contributed by atoms with E-state index in [1.54, 1.807) is 12.4 Å². The zero-order chi connectivity index (χ0) is 10.5. The molecule has 15 heavy (non-hydrogen) atoms. The zero-order valence-corrected chi connectivity index (χ0v) is 8.10. The molecule has 2 N–H and O–H groups in total. The first-order chi connectivity index (χ1) is 7.34. The lowest BCUT2D eigenvalue weighted by molar-refractivity contribution is -0.115. The molecule has 4 heteroatoms. The maximum Gasteiger partial charge on any atom is 0.228 e. The molecule has 1 amide bonds. The summed E-state index contributed by atoms with van der Waals surface area (Å²) in [4.78, 5) is 11.5. The van der Waals surface area contributed by atoms with Gasteiger partial charge >= 0.3 is 0 Å². The van der Waals surface area contributed by atoms with Crippen LogP contribution in [0.5, 0.6) is 0 Å². The van der Waals surface area contributed by atoms with E-state index >= 15 is 0 Å². The topological polar surface area (TPSA) is 57.8 Å². The van der Waals surface area contributed by atoms with Gasteiger partial charge in [0, 0.05) is 6.20 Å². The van der Waals surface area contributed by atoms with Gasteiger partial charge in [0.15, 0.2) is 0 Å². The van der Waals surface area contributed by atoms with E-state index in [4.69, 9.17) is 0 Å². The zero-order valence-electron chi connectivity index (χ0n) is 8.10. The molecule has 1 heterocycles. The number of nitrogens with one attached hydrogen (secondary N) is 2. The summed E-state index contributed by atoms with van der Waals surface area (Å²) in [5.41, 5.74) is 1.69. The molecule has 1 aromatic heterocycles. The Hall–Kier alpha value is -2.10. The van der Waals surface area contributed by atoms with E-state index in [1.807, 2.05) is 30.3 Å². The van der Waals surface area contributed by atoms with Crippen molar-refractivity contribution in [3.05, 3.63) is 48.3 Å². The Bertz CT molecular complexity index is 422. The summed E-state index contributed by atoms with van der Waals surface area (Å²) in [5.74, 6) is -0.0393. The van der Waals surface area contributed by atoms with Crippen LogP contribution in [-0.4, -0.2) is 16.1 Å². The monoisotopic (exact) mass is 201 g/mol. The summed E-state index contributed by atoms with van der Waals surface area (Å²) in [6, 6.07) is 9.61. The lowest BCUT2D eigenvalue weighted by Crippen LogP contribution is -2.13. The van der Waals surface area contributed by atoms with E-state index in [0.717, 1.165) is 5.56 Å². The number of nitrogens with zero attached hydrogens (tertiary/aromatic N) is 1. The number of carbonyl (C=O) groups excluding carboxylic acids is 1. The lowest BCUT2D eigenvalue weighted by atomic mass is 10.1. The first-order valence-electron chi connectivity index (χ1n) is 4.67. The van der Waals surface area contributed by atoms with Crippen molar-refractivity contribution in [2.75, 3.05) is 5.32 Å². The molecule has 2 aromatic rings. The van der Waals surface area contributed by atoms with Crippen LogP contribution in [0.15, 0.2) is 42.7 Å². The number of anilines is 1. The first kappa shape index (κ1) is 9.45. The van der Waals surface area contributed by atoms with Crippen molar-refractivity contribution < 1.29 is 4.79 Å². The van der Waals surface area contributed by atoms with E-state index in [1.165, 1.54) is 0 Å². The second-order valence-corrected chi connectivity index (χ2v) is 3.20. The maximum absolute atomic E-state index is 11.5. The molecule has 0 aliphatic rings. The molecule has 0 bridgehead atoms. The molecule has 1 aromatic carbocycles. The third-order valence-corrected chi connectivity index (χ3v) is 1.99. The van der Waals surface area contributed by atoms with E-state index < -0.39 is 0 Å². The first-order valence-corrected chi connectivity index (χ1v) is 4.67. The SMILES string of the molecule is O=C(Cc1ccccc1)Nc1cn[nH]c1. The molecular formula is C11H11N3O. The third kappa shape index (κ3) is 2.67. The van der Waals surface area contributed by atoms with Crippen LogP contribution < -0.4 is 5.32 Å². The predicted molar refractivity (Wildman–Crippen MR) is 57.4 cm³/mol. The Morgan fingerprint density at radius 1 is 1.33 bits per heavy atom. The molecule has 0 aliphatic carbocycles. The summed E-state index contributed by atoms with van der Waals surface area (Å²) in [6.07, 6.45) is 3.60. The molecule has 0 atom stereocenters. The largest absolute Gasteiger partial charge is 0.323 e. The van der Waals surface area contributed by atoms with Crippen LogP contribution in [0.4, 0.5) is 5.69 Å². The van der Waals surface area contributed by atoms with Gasteiger partial charge in [-0.15, -0.1) is 0 Å². The van der Waals surface area contributed by atoms with E-state index in [0.29, 0.717) is 12.1 Å². The highest BCUT2D eigenvalue weighted by molar-refractivity contribution is 5.91. The van der Waals surface area contributed by atoms with Crippen molar-refractivity contribution in [3.8, 4) is 0 Å². The van der Waals surface area contributed by atoms with Gasteiger partial charge in [-0.1, -0.05) is 30.3 Å². The van der Waals surface area contributed by atoms with Crippen molar-refractivity contribution in [2.24, 2.45) is 0 Å². The van der Waals surface area contributed by atoms with Crippen LogP contribution in [0.25, 0.3) is 0 Å². The molecule has 0 fully saturated rings. The fourth-order valence-corrected chi connectivity index (χ4v) is 1.31. The van der Waals surface area contributed by atoms with Crippen LogP contribution in [0.2, 0.25) is 0 Å². The number of amides is 1. The molecule has 0 aliphatic heterocycles. The highest BCUT2D eigenvalue weighted by atomic mass is 16.1. The molecule has 0 spiro atoms. The van der Waals surface area contributed by atoms with E-state index in [2.05, 4.69) is 15.5 Å². The summed E-state index contributed by atoms with van der Waals surface area (Å²) >= 11 is 0. The Labute approximate surface area is 87.3 Å². The fraction of sp³-hybridized carbons (Fsp3) is 0.0909. The quantitative estimate of drug-likeness (QED) is 0.792. The van der Waals surface area contributed by atoms with Crippen molar-refractivity contribution in [3.63, 3.8) is 0 Å². The molecular weight excluding hydrogens is 190 g/mol. The average molecular weight is 201 g/mol. The minimum atomic E-state index is -0.0393. The summed E-state index contributed by atoms with van der Waals surface area (Å²) in [6.45, 7) is 0. The standard InChI is InChI=1S/C11H11N3O/c15-11(14-10-7-12-13-8-10)6-9-4-2-1-3-5-9/h1-5,7-8H,6H2,(H,12,13)(H,14,15). The van der Waals surface area contributed by atoms with Gasteiger partial charge in [0.25, 0.3) is 0 Å². The van der Waals surface area contributed by atoms with Gasteiger partial charge in [0.05, 0.1) is 18.3 Å². The van der Waals surface area contributed by atoms with Crippen LogP contribution in [0.1, 0.15) is 5.56 Å². The second kappa shape index (κ2) is 4.41. The lowest BCUT2D eigenvalue weighted by Gasteiger charge is -2.01. The summed E-state index contributed by atoms with van der Waals surface area (Å²) < 4.78 is 0. The van der Waals surface area contributed by atoms with Gasteiger partial charge < -0.3 is 5.32 Å². The van der Waals surface area contributed by atoms with Gasteiger partial charge in [0.2, 0.25) is 5.91 Å². The van der Waals surface area contributed by atoms with Crippen LogP contribution in [0.3, 0.4) is 0 Å². The smallest absolute Gasteiger partial charge is 0.228 e. The Balaban J connectivity index is 1.94. The number of rotatable bonds is 3. The van der Waals surface area contributed by atoms with Crippen molar-refractivity contribution >= 4 is 11.6 Å². The molecule has 4 nitrogen and oxygen atoms in total. The number of H-pyrrole nitrogens is 1. The van der Waals surface area contributed by atoms with Crippen molar-refractivity contribution in [2.45, 2.75) is 6.42 Å². The Morgan fingerprint density at radius 3 is 2.80 bits per heavy atom.